The maximum atomic E-state index is 8.29. The molecule has 0 amide bonds. The molecule has 0 aliphatic heterocycles. The van der Waals surface area contributed by atoms with Crippen LogP contribution in [0.25, 0.3) is 6.08 Å². The summed E-state index contributed by atoms with van der Waals surface area (Å²) < 4.78 is 0. The van der Waals surface area contributed by atoms with E-state index >= 15 is 0 Å². The average Bonchev–Trinajstić information content (AvgIpc) is 2.16. The lowest BCUT2D eigenvalue weighted by Gasteiger charge is -1.88. The predicted molar refractivity (Wildman–Crippen MR) is 48.8 cm³/mol. The molecule has 1 rings (SSSR count). The zero-order chi connectivity index (χ0) is 8.81. The molecule has 0 unspecified atom stereocenters. The molecule has 1 N–H and O–H groups in total. The molecule has 0 aromatic heterocycles. The summed E-state index contributed by atoms with van der Waals surface area (Å²) in [5.41, 5.74) is 0.969. The van der Waals surface area contributed by atoms with Crippen LogP contribution in [0, 0.1) is 16.7 Å². The predicted octanol–water partition coefficient (Wildman–Crippen LogP) is 2.24. The molecule has 0 aliphatic rings. The molecule has 1 aromatic carbocycles. The molecule has 0 saturated carbocycles. The molecule has 0 aliphatic carbocycles. The van der Waals surface area contributed by atoms with Gasteiger partial charge in [-0.3, -0.25) is 5.41 Å². The number of benzene rings is 1. The first kappa shape index (κ1) is 8.22. The minimum absolute atomic E-state index is 0.0288. The molecule has 2 heteroatoms. The Morgan fingerprint density at radius 2 is 2.00 bits per heavy atom. The van der Waals surface area contributed by atoms with Crippen molar-refractivity contribution in [1.29, 1.82) is 10.7 Å². The minimum Gasteiger partial charge on any atom is -0.290 e. The van der Waals surface area contributed by atoms with Crippen molar-refractivity contribution in [3.05, 3.63) is 42.0 Å². The third-order valence-corrected chi connectivity index (χ3v) is 1.36. The van der Waals surface area contributed by atoms with Crippen molar-refractivity contribution >= 4 is 11.8 Å². The fourth-order valence-corrected chi connectivity index (χ4v) is 0.781. The van der Waals surface area contributed by atoms with Crippen LogP contribution in [0.4, 0.5) is 0 Å². The van der Waals surface area contributed by atoms with Crippen LogP contribution >= 0.6 is 0 Å². The summed E-state index contributed by atoms with van der Waals surface area (Å²) in [5, 5.41) is 15.3. The van der Waals surface area contributed by atoms with Crippen LogP contribution in [-0.4, -0.2) is 5.71 Å². The average molecular weight is 156 g/mol. The van der Waals surface area contributed by atoms with Gasteiger partial charge >= 0.3 is 0 Å². The van der Waals surface area contributed by atoms with Gasteiger partial charge in [-0.1, -0.05) is 36.4 Å². The maximum Gasteiger partial charge on any atom is 0.132 e. The minimum atomic E-state index is -0.0288. The van der Waals surface area contributed by atoms with Crippen molar-refractivity contribution in [3.63, 3.8) is 0 Å². The normalized spacial score (nSPS) is 9.58. The van der Waals surface area contributed by atoms with E-state index in [0.29, 0.717) is 0 Å². The summed E-state index contributed by atoms with van der Waals surface area (Å²) in [4.78, 5) is 0. The Labute approximate surface area is 71.3 Å². The van der Waals surface area contributed by atoms with E-state index in [1.807, 2.05) is 30.3 Å². The molecule has 0 atom stereocenters. The SMILES string of the molecule is N#CC(=N)/C=C/c1ccccc1. The van der Waals surface area contributed by atoms with E-state index in [1.54, 1.807) is 12.1 Å². The standard InChI is InChI=1S/C10H8N2/c11-8-10(12)7-6-9-4-2-1-3-5-9/h1-7,12H/b7-6+,12-10?. The van der Waals surface area contributed by atoms with Crippen LogP contribution in [0.15, 0.2) is 36.4 Å². The Bertz CT molecular complexity index is 331. The molecule has 1 aromatic rings. The summed E-state index contributed by atoms with van der Waals surface area (Å²) >= 11 is 0. The topological polar surface area (TPSA) is 47.6 Å². The van der Waals surface area contributed by atoms with E-state index in [0.717, 1.165) is 5.56 Å². The van der Waals surface area contributed by atoms with Gasteiger partial charge in [-0.25, -0.2) is 0 Å². The molecule has 0 bridgehead atoms. The Hall–Kier alpha value is -1.88. The van der Waals surface area contributed by atoms with Gasteiger partial charge < -0.3 is 0 Å². The first-order valence-electron chi connectivity index (χ1n) is 3.54. The number of hydrogen-bond acceptors (Lipinski definition) is 2. The largest absolute Gasteiger partial charge is 0.290 e. The van der Waals surface area contributed by atoms with Crippen molar-refractivity contribution in [1.82, 2.24) is 0 Å². The van der Waals surface area contributed by atoms with E-state index in [-0.39, 0.29) is 5.71 Å². The van der Waals surface area contributed by atoms with Crippen LogP contribution in [0.3, 0.4) is 0 Å². The van der Waals surface area contributed by atoms with Gasteiger partial charge in [0.05, 0.1) is 0 Å². The zero-order valence-electron chi connectivity index (χ0n) is 6.49. The Balaban J connectivity index is 2.72. The second-order valence-electron chi connectivity index (χ2n) is 2.27. The number of nitrogens with zero attached hydrogens (tertiary/aromatic N) is 1. The van der Waals surface area contributed by atoms with E-state index in [9.17, 15) is 0 Å². The molecule has 12 heavy (non-hydrogen) atoms. The van der Waals surface area contributed by atoms with Crippen molar-refractivity contribution < 1.29 is 0 Å². The molecule has 0 radical (unpaired) electrons. The van der Waals surface area contributed by atoms with Gasteiger partial charge in [-0.05, 0) is 11.6 Å². The van der Waals surface area contributed by atoms with Crippen LogP contribution in [-0.2, 0) is 0 Å². The van der Waals surface area contributed by atoms with E-state index in [4.69, 9.17) is 10.7 Å². The lowest BCUT2D eigenvalue weighted by Crippen LogP contribution is -1.81. The third kappa shape index (κ3) is 2.39. The number of hydrogen-bond donors (Lipinski definition) is 1. The first-order valence-corrected chi connectivity index (χ1v) is 3.54. The first-order chi connectivity index (χ1) is 5.83. The summed E-state index contributed by atoms with van der Waals surface area (Å²) in [7, 11) is 0. The number of nitriles is 1. The van der Waals surface area contributed by atoms with E-state index in [2.05, 4.69) is 0 Å². The molecule has 58 valence electrons. The van der Waals surface area contributed by atoms with Crippen LogP contribution < -0.4 is 0 Å². The van der Waals surface area contributed by atoms with Crippen molar-refractivity contribution in [2.45, 2.75) is 0 Å². The van der Waals surface area contributed by atoms with Gasteiger partial charge in [-0.2, -0.15) is 5.26 Å². The molecule has 0 spiro atoms. The highest BCUT2D eigenvalue weighted by molar-refractivity contribution is 6.07. The molecule has 0 heterocycles. The van der Waals surface area contributed by atoms with Crippen LogP contribution in [0.5, 0.6) is 0 Å². The van der Waals surface area contributed by atoms with E-state index in [1.165, 1.54) is 6.08 Å². The Morgan fingerprint density at radius 1 is 1.33 bits per heavy atom. The number of nitrogens with one attached hydrogen (secondary N) is 1. The molecular weight excluding hydrogens is 148 g/mol. The van der Waals surface area contributed by atoms with E-state index < -0.39 is 0 Å². The highest BCUT2D eigenvalue weighted by atomic mass is 14.4. The van der Waals surface area contributed by atoms with Crippen molar-refractivity contribution in [3.8, 4) is 6.07 Å². The van der Waals surface area contributed by atoms with Gasteiger partial charge in [0.1, 0.15) is 11.8 Å². The van der Waals surface area contributed by atoms with Crippen LogP contribution in [0.2, 0.25) is 0 Å². The monoisotopic (exact) mass is 156 g/mol. The number of rotatable bonds is 2. The fourth-order valence-electron chi connectivity index (χ4n) is 0.781. The molecule has 2 nitrogen and oxygen atoms in total. The van der Waals surface area contributed by atoms with Gasteiger partial charge in [0.25, 0.3) is 0 Å². The van der Waals surface area contributed by atoms with Crippen molar-refractivity contribution in [2.75, 3.05) is 0 Å². The zero-order valence-corrected chi connectivity index (χ0v) is 6.49. The number of allylic oxidation sites excluding steroid dienone is 1. The lowest BCUT2D eigenvalue weighted by atomic mass is 10.2. The van der Waals surface area contributed by atoms with Crippen molar-refractivity contribution in [2.24, 2.45) is 0 Å². The second kappa shape index (κ2) is 4.09. The van der Waals surface area contributed by atoms with Gasteiger partial charge in [0.2, 0.25) is 0 Å². The van der Waals surface area contributed by atoms with Gasteiger partial charge in [0, 0.05) is 0 Å². The Kier molecular flexibility index (Phi) is 2.80. The van der Waals surface area contributed by atoms with Gasteiger partial charge in [0.15, 0.2) is 0 Å². The molecule has 0 saturated heterocycles. The molecule has 0 fully saturated rings. The maximum absolute atomic E-state index is 8.29. The Morgan fingerprint density at radius 3 is 2.58 bits per heavy atom. The lowest BCUT2D eigenvalue weighted by molar-refractivity contribution is 1.49. The van der Waals surface area contributed by atoms with Crippen LogP contribution in [0.1, 0.15) is 5.56 Å². The summed E-state index contributed by atoms with van der Waals surface area (Å²) in [6.07, 6.45) is 3.22. The highest BCUT2D eigenvalue weighted by Gasteiger charge is 1.85. The summed E-state index contributed by atoms with van der Waals surface area (Å²) in [6.45, 7) is 0. The summed E-state index contributed by atoms with van der Waals surface area (Å²) in [6, 6.07) is 11.3. The quantitative estimate of drug-likeness (QED) is 0.656. The third-order valence-electron chi connectivity index (χ3n) is 1.36. The fraction of sp³-hybridized carbons (Fsp3) is 0. The van der Waals surface area contributed by atoms with Gasteiger partial charge in [-0.15, -0.1) is 0 Å². The highest BCUT2D eigenvalue weighted by Crippen LogP contribution is 2.00. The molecular formula is C10H8N2. The smallest absolute Gasteiger partial charge is 0.132 e. The summed E-state index contributed by atoms with van der Waals surface area (Å²) in [5.74, 6) is 0. The second-order valence-corrected chi connectivity index (χ2v) is 2.27.